The molecular formula is C11H24N2. The minimum absolute atomic E-state index is 0.492. The molecule has 1 aliphatic rings. The van der Waals surface area contributed by atoms with E-state index in [0.717, 1.165) is 6.54 Å². The third-order valence-electron chi connectivity index (χ3n) is 3.16. The molecule has 1 aliphatic heterocycles. The lowest BCUT2D eigenvalue weighted by atomic mass is 9.87. The number of nitrogens with one attached hydrogen (secondary N) is 1. The zero-order valence-corrected chi connectivity index (χ0v) is 9.40. The van der Waals surface area contributed by atoms with Crippen LogP contribution in [0.2, 0.25) is 0 Å². The quantitative estimate of drug-likeness (QED) is 0.718. The van der Waals surface area contributed by atoms with Gasteiger partial charge in [-0.1, -0.05) is 20.8 Å². The summed E-state index contributed by atoms with van der Waals surface area (Å²) < 4.78 is 0. The van der Waals surface area contributed by atoms with Gasteiger partial charge in [0.2, 0.25) is 0 Å². The van der Waals surface area contributed by atoms with Crippen LogP contribution in [0.15, 0.2) is 0 Å². The van der Waals surface area contributed by atoms with E-state index in [0.29, 0.717) is 5.41 Å². The van der Waals surface area contributed by atoms with Crippen LogP contribution in [0.1, 0.15) is 33.6 Å². The summed E-state index contributed by atoms with van der Waals surface area (Å²) in [6.07, 6.45) is 2.56. The van der Waals surface area contributed by atoms with E-state index in [1.54, 1.807) is 0 Å². The summed E-state index contributed by atoms with van der Waals surface area (Å²) in [5.74, 6) is 0. The van der Waals surface area contributed by atoms with Gasteiger partial charge in [0, 0.05) is 26.2 Å². The van der Waals surface area contributed by atoms with Gasteiger partial charge in [-0.15, -0.1) is 0 Å². The molecule has 0 bridgehead atoms. The van der Waals surface area contributed by atoms with Crippen molar-refractivity contribution in [2.75, 3.05) is 32.7 Å². The molecule has 2 heteroatoms. The Kier molecular flexibility index (Phi) is 4.20. The molecule has 78 valence electrons. The highest BCUT2D eigenvalue weighted by atomic mass is 15.2. The molecule has 0 aromatic carbocycles. The van der Waals surface area contributed by atoms with Crippen molar-refractivity contribution in [3.05, 3.63) is 0 Å². The molecule has 0 aromatic rings. The molecule has 13 heavy (non-hydrogen) atoms. The van der Waals surface area contributed by atoms with Gasteiger partial charge in [0.05, 0.1) is 0 Å². The van der Waals surface area contributed by atoms with Crippen LogP contribution in [0.4, 0.5) is 0 Å². The lowest BCUT2D eigenvalue weighted by molar-refractivity contribution is 0.186. The van der Waals surface area contributed by atoms with Gasteiger partial charge in [-0.2, -0.15) is 0 Å². The highest BCUT2D eigenvalue weighted by Gasteiger charge is 2.26. The van der Waals surface area contributed by atoms with Crippen molar-refractivity contribution in [1.82, 2.24) is 10.2 Å². The Morgan fingerprint density at radius 1 is 1.38 bits per heavy atom. The molecule has 1 rings (SSSR count). The molecule has 2 nitrogen and oxygen atoms in total. The van der Waals surface area contributed by atoms with Crippen molar-refractivity contribution in [3.8, 4) is 0 Å². The maximum absolute atomic E-state index is 3.54. The van der Waals surface area contributed by atoms with E-state index in [1.165, 1.54) is 39.0 Å². The van der Waals surface area contributed by atoms with Crippen molar-refractivity contribution in [2.24, 2.45) is 5.41 Å². The molecule has 1 unspecified atom stereocenters. The second-order valence-corrected chi connectivity index (χ2v) is 4.62. The number of rotatable bonds is 3. The number of hydrogen-bond donors (Lipinski definition) is 1. The lowest BCUT2D eigenvalue weighted by Gasteiger charge is -2.31. The van der Waals surface area contributed by atoms with E-state index in [9.17, 15) is 0 Å². The Balaban J connectivity index is 2.49. The van der Waals surface area contributed by atoms with E-state index in [4.69, 9.17) is 0 Å². The smallest absolute Gasteiger partial charge is 0.0107 e. The van der Waals surface area contributed by atoms with E-state index in [-0.39, 0.29) is 0 Å². The van der Waals surface area contributed by atoms with Crippen molar-refractivity contribution in [1.29, 1.82) is 0 Å². The first-order valence-corrected chi connectivity index (χ1v) is 5.63. The van der Waals surface area contributed by atoms with Gasteiger partial charge in [-0.25, -0.2) is 0 Å². The zero-order valence-electron chi connectivity index (χ0n) is 9.40. The molecule has 1 heterocycles. The third kappa shape index (κ3) is 3.28. The molecule has 1 N–H and O–H groups in total. The van der Waals surface area contributed by atoms with Gasteiger partial charge in [0.1, 0.15) is 0 Å². The summed E-state index contributed by atoms with van der Waals surface area (Å²) in [4.78, 5) is 2.60. The summed E-state index contributed by atoms with van der Waals surface area (Å²) in [5.41, 5.74) is 0.492. The van der Waals surface area contributed by atoms with Crippen LogP contribution < -0.4 is 5.32 Å². The molecule has 0 aliphatic carbocycles. The maximum atomic E-state index is 3.54. The summed E-state index contributed by atoms with van der Waals surface area (Å²) >= 11 is 0. The fraction of sp³-hybridized carbons (Fsp3) is 1.00. The first-order valence-electron chi connectivity index (χ1n) is 5.63. The van der Waals surface area contributed by atoms with Crippen LogP contribution in [0.5, 0.6) is 0 Å². The molecule has 1 fully saturated rings. The number of hydrogen-bond acceptors (Lipinski definition) is 2. The predicted octanol–water partition coefficient (Wildman–Crippen LogP) is 1.72. The average Bonchev–Trinajstić information content (AvgIpc) is 2.29. The van der Waals surface area contributed by atoms with Gasteiger partial charge in [-0.05, 0) is 24.8 Å². The van der Waals surface area contributed by atoms with Gasteiger partial charge in [0.25, 0.3) is 0 Å². The Morgan fingerprint density at radius 2 is 2.15 bits per heavy atom. The highest BCUT2D eigenvalue weighted by Crippen LogP contribution is 2.22. The minimum Gasteiger partial charge on any atom is -0.315 e. The Hall–Kier alpha value is -0.0800. The lowest BCUT2D eigenvalue weighted by Crippen LogP contribution is -2.37. The summed E-state index contributed by atoms with van der Waals surface area (Å²) in [6.45, 7) is 13.1. The highest BCUT2D eigenvalue weighted by molar-refractivity contribution is 4.82. The van der Waals surface area contributed by atoms with Crippen molar-refractivity contribution >= 4 is 0 Å². The standard InChI is InChI=1S/C11H24N2/c1-4-7-13-8-6-12-9-11(3,5-2)10-13/h12H,4-10H2,1-3H3. The van der Waals surface area contributed by atoms with Crippen LogP contribution >= 0.6 is 0 Å². The van der Waals surface area contributed by atoms with Crippen LogP contribution in [-0.4, -0.2) is 37.6 Å². The fourth-order valence-corrected chi connectivity index (χ4v) is 2.05. The van der Waals surface area contributed by atoms with Gasteiger partial charge >= 0.3 is 0 Å². The second-order valence-electron chi connectivity index (χ2n) is 4.62. The Bertz CT molecular complexity index is 147. The average molecular weight is 184 g/mol. The molecule has 0 saturated carbocycles. The first-order chi connectivity index (χ1) is 6.20. The topological polar surface area (TPSA) is 15.3 Å². The van der Waals surface area contributed by atoms with Gasteiger partial charge < -0.3 is 10.2 Å². The van der Waals surface area contributed by atoms with Gasteiger partial charge in [0.15, 0.2) is 0 Å². The van der Waals surface area contributed by atoms with Crippen molar-refractivity contribution in [2.45, 2.75) is 33.6 Å². The van der Waals surface area contributed by atoms with Gasteiger partial charge in [-0.3, -0.25) is 0 Å². The summed E-state index contributed by atoms with van der Waals surface area (Å²) in [5, 5.41) is 3.54. The van der Waals surface area contributed by atoms with Crippen LogP contribution in [-0.2, 0) is 0 Å². The summed E-state index contributed by atoms with van der Waals surface area (Å²) in [7, 11) is 0. The Labute approximate surface area is 82.7 Å². The Morgan fingerprint density at radius 3 is 2.77 bits per heavy atom. The zero-order chi connectivity index (χ0) is 9.73. The van der Waals surface area contributed by atoms with Crippen molar-refractivity contribution < 1.29 is 0 Å². The molecule has 0 amide bonds. The van der Waals surface area contributed by atoms with E-state index in [1.807, 2.05) is 0 Å². The SMILES string of the molecule is CCCN1CCNCC(C)(CC)C1. The van der Waals surface area contributed by atoms with E-state index < -0.39 is 0 Å². The van der Waals surface area contributed by atoms with Crippen LogP contribution in [0.25, 0.3) is 0 Å². The van der Waals surface area contributed by atoms with E-state index >= 15 is 0 Å². The molecular weight excluding hydrogens is 160 g/mol. The van der Waals surface area contributed by atoms with Crippen molar-refractivity contribution in [3.63, 3.8) is 0 Å². The largest absolute Gasteiger partial charge is 0.315 e. The minimum atomic E-state index is 0.492. The first kappa shape index (κ1) is 11.0. The molecule has 0 radical (unpaired) electrons. The molecule has 0 spiro atoms. The predicted molar refractivity (Wildman–Crippen MR) is 58.0 cm³/mol. The van der Waals surface area contributed by atoms with Crippen LogP contribution in [0, 0.1) is 5.41 Å². The molecule has 1 saturated heterocycles. The second kappa shape index (κ2) is 4.97. The number of nitrogens with zero attached hydrogens (tertiary/aromatic N) is 1. The van der Waals surface area contributed by atoms with Crippen LogP contribution in [0.3, 0.4) is 0 Å². The molecule has 0 aromatic heterocycles. The fourth-order valence-electron chi connectivity index (χ4n) is 2.05. The summed E-state index contributed by atoms with van der Waals surface area (Å²) in [6, 6.07) is 0. The monoisotopic (exact) mass is 184 g/mol. The maximum Gasteiger partial charge on any atom is 0.0107 e. The molecule has 1 atom stereocenters. The normalized spacial score (nSPS) is 31.6. The van der Waals surface area contributed by atoms with E-state index in [2.05, 4.69) is 31.0 Å². The third-order valence-corrected chi connectivity index (χ3v) is 3.16.